The molecule has 22 heavy (non-hydrogen) atoms. The summed E-state index contributed by atoms with van der Waals surface area (Å²) >= 11 is 12.4. The lowest BCUT2D eigenvalue weighted by molar-refractivity contribution is 0.902. The summed E-state index contributed by atoms with van der Waals surface area (Å²) in [5.74, 6) is 0.725. The Labute approximate surface area is 136 Å². The number of nitrogens with zero attached hydrogens (tertiary/aromatic N) is 4. The first kappa shape index (κ1) is 13.4. The molecule has 0 N–H and O–H groups in total. The van der Waals surface area contributed by atoms with E-state index in [1.54, 1.807) is 18.6 Å². The first-order chi connectivity index (χ1) is 10.7. The lowest BCUT2D eigenvalue weighted by Gasteiger charge is -2.11. The van der Waals surface area contributed by atoms with Crippen LogP contribution in [0.25, 0.3) is 22.7 Å². The van der Waals surface area contributed by atoms with Crippen LogP contribution in [0.2, 0.25) is 10.0 Å². The third-order valence-corrected chi connectivity index (χ3v) is 3.97. The second-order valence-electron chi connectivity index (χ2n) is 4.80. The molecule has 0 fully saturated rings. The summed E-state index contributed by atoms with van der Waals surface area (Å²) in [4.78, 5) is 8.78. The zero-order valence-electron chi connectivity index (χ0n) is 11.3. The summed E-state index contributed by atoms with van der Waals surface area (Å²) in [7, 11) is 0. The van der Waals surface area contributed by atoms with Crippen LogP contribution in [0.3, 0.4) is 0 Å². The molecule has 0 bridgehead atoms. The molecule has 4 aromatic rings. The van der Waals surface area contributed by atoms with Gasteiger partial charge in [0.2, 0.25) is 5.95 Å². The summed E-state index contributed by atoms with van der Waals surface area (Å²) < 4.78 is 3.85. The van der Waals surface area contributed by atoms with Crippen LogP contribution in [-0.4, -0.2) is 19.1 Å². The molecule has 0 saturated heterocycles. The molecule has 0 spiro atoms. The summed E-state index contributed by atoms with van der Waals surface area (Å²) in [5, 5.41) is 1.17. The zero-order valence-corrected chi connectivity index (χ0v) is 12.8. The van der Waals surface area contributed by atoms with Crippen molar-refractivity contribution < 1.29 is 0 Å². The summed E-state index contributed by atoms with van der Waals surface area (Å²) in [6.45, 7) is 0. The van der Waals surface area contributed by atoms with E-state index < -0.39 is 0 Å². The van der Waals surface area contributed by atoms with Gasteiger partial charge in [0, 0.05) is 17.4 Å². The Morgan fingerprint density at radius 3 is 2.64 bits per heavy atom. The first-order valence-corrected chi connectivity index (χ1v) is 7.41. The van der Waals surface area contributed by atoms with Crippen molar-refractivity contribution in [2.75, 3.05) is 0 Å². The maximum atomic E-state index is 6.40. The van der Waals surface area contributed by atoms with E-state index in [0.717, 1.165) is 22.7 Å². The van der Waals surface area contributed by atoms with E-state index in [2.05, 4.69) is 9.97 Å². The van der Waals surface area contributed by atoms with Gasteiger partial charge in [-0.2, -0.15) is 0 Å². The monoisotopic (exact) mass is 328 g/mol. The van der Waals surface area contributed by atoms with Crippen molar-refractivity contribution in [1.82, 2.24) is 19.1 Å². The largest absolute Gasteiger partial charge is 0.277 e. The molecule has 0 saturated carbocycles. The fourth-order valence-electron chi connectivity index (χ4n) is 2.46. The lowest BCUT2D eigenvalue weighted by Crippen LogP contribution is -2.04. The molecule has 0 aliphatic carbocycles. The number of aromatic nitrogens is 4. The van der Waals surface area contributed by atoms with Crippen molar-refractivity contribution in [3.63, 3.8) is 0 Å². The average Bonchev–Trinajstić information content (AvgIpc) is 3.14. The standard InChI is InChI=1S/C16H10Cl2N4/c17-11-5-6-14(12(18)9-11)22-15-4-2-1-3-13(15)20-16(22)21-8-7-19-10-21/h1-10H. The van der Waals surface area contributed by atoms with Crippen molar-refractivity contribution in [1.29, 1.82) is 0 Å². The van der Waals surface area contributed by atoms with Gasteiger partial charge in [-0.05, 0) is 30.3 Å². The number of fused-ring (bicyclic) bond motifs is 1. The Kier molecular flexibility index (Phi) is 3.13. The van der Waals surface area contributed by atoms with Gasteiger partial charge in [-0.25, -0.2) is 9.97 Å². The molecular formula is C16H10Cl2N4. The van der Waals surface area contributed by atoms with Gasteiger partial charge in [-0.15, -0.1) is 0 Å². The van der Waals surface area contributed by atoms with Gasteiger partial charge in [-0.3, -0.25) is 9.13 Å². The van der Waals surface area contributed by atoms with Gasteiger partial charge in [-0.1, -0.05) is 35.3 Å². The molecule has 0 atom stereocenters. The number of para-hydroxylation sites is 2. The Hall–Kier alpha value is -2.30. The Morgan fingerprint density at radius 1 is 1.00 bits per heavy atom. The fraction of sp³-hybridized carbons (Fsp3) is 0. The van der Waals surface area contributed by atoms with E-state index in [1.807, 2.05) is 51.7 Å². The Bertz CT molecular complexity index is 958. The molecule has 0 aliphatic rings. The predicted molar refractivity (Wildman–Crippen MR) is 88.2 cm³/mol. The first-order valence-electron chi connectivity index (χ1n) is 6.65. The van der Waals surface area contributed by atoms with Crippen LogP contribution < -0.4 is 0 Å². The number of hydrogen-bond acceptors (Lipinski definition) is 2. The molecular weight excluding hydrogens is 319 g/mol. The van der Waals surface area contributed by atoms with Crippen molar-refractivity contribution in [3.8, 4) is 11.6 Å². The SMILES string of the molecule is Clc1ccc(-n2c(-n3ccnc3)nc3ccccc32)c(Cl)c1. The number of rotatable bonds is 2. The van der Waals surface area contributed by atoms with E-state index in [4.69, 9.17) is 23.2 Å². The highest BCUT2D eigenvalue weighted by Crippen LogP contribution is 2.30. The van der Waals surface area contributed by atoms with E-state index in [9.17, 15) is 0 Å². The van der Waals surface area contributed by atoms with Crippen molar-refractivity contribution in [2.24, 2.45) is 0 Å². The van der Waals surface area contributed by atoms with Crippen LogP contribution in [-0.2, 0) is 0 Å². The topological polar surface area (TPSA) is 35.6 Å². The molecule has 0 aliphatic heterocycles. The minimum Gasteiger partial charge on any atom is -0.277 e. The van der Waals surface area contributed by atoms with E-state index in [-0.39, 0.29) is 0 Å². The number of imidazole rings is 2. The van der Waals surface area contributed by atoms with Gasteiger partial charge in [0.05, 0.1) is 21.7 Å². The highest BCUT2D eigenvalue weighted by Gasteiger charge is 2.15. The smallest absolute Gasteiger partial charge is 0.220 e. The highest BCUT2D eigenvalue weighted by atomic mass is 35.5. The molecule has 4 rings (SSSR count). The van der Waals surface area contributed by atoms with E-state index >= 15 is 0 Å². The van der Waals surface area contributed by atoms with Gasteiger partial charge in [0.1, 0.15) is 6.33 Å². The van der Waals surface area contributed by atoms with Crippen molar-refractivity contribution in [3.05, 3.63) is 71.2 Å². The van der Waals surface area contributed by atoms with Crippen LogP contribution >= 0.6 is 23.2 Å². The summed E-state index contributed by atoms with van der Waals surface area (Å²) in [6.07, 6.45) is 5.27. The molecule has 2 aromatic carbocycles. The van der Waals surface area contributed by atoms with E-state index in [0.29, 0.717) is 10.0 Å². The van der Waals surface area contributed by atoms with Crippen LogP contribution in [0, 0.1) is 0 Å². The molecule has 108 valence electrons. The van der Waals surface area contributed by atoms with Crippen LogP contribution in [0.5, 0.6) is 0 Å². The maximum Gasteiger partial charge on any atom is 0.220 e. The molecule has 2 heterocycles. The van der Waals surface area contributed by atoms with E-state index in [1.165, 1.54) is 0 Å². The normalized spacial score (nSPS) is 11.2. The fourth-order valence-corrected chi connectivity index (χ4v) is 2.96. The second-order valence-corrected chi connectivity index (χ2v) is 5.65. The third-order valence-electron chi connectivity index (χ3n) is 3.43. The molecule has 2 aromatic heterocycles. The van der Waals surface area contributed by atoms with Gasteiger partial charge >= 0.3 is 0 Å². The Balaban J connectivity index is 2.08. The van der Waals surface area contributed by atoms with Gasteiger partial charge < -0.3 is 0 Å². The second kappa shape index (κ2) is 5.16. The average molecular weight is 329 g/mol. The number of halogens is 2. The predicted octanol–water partition coefficient (Wildman–Crippen LogP) is 4.52. The summed E-state index contributed by atoms with van der Waals surface area (Å²) in [6, 6.07) is 13.3. The minimum absolute atomic E-state index is 0.567. The molecule has 0 radical (unpaired) electrons. The lowest BCUT2D eigenvalue weighted by atomic mass is 10.3. The van der Waals surface area contributed by atoms with Crippen LogP contribution in [0.4, 0.5) is 0 Å². The zero-order chi connectivity index (χ0) is 15.1. The molecule has 4 nitrogen and oxygen atoms in total. The minimum atomic E-state index is 0.567. The number of hydrogen-bond donors (Lipinski definition) is 0. The van der Waals surface area contributed by atoms with Gasteiger partial charge in [0.15, 0.2) is 0 Å². The quantitative estimate of drug-likeness (QED) is 0.542. The molecule has 0 unspecified atom stereocenters. The van der Waals surface area contributed by atoms with Crippen LogP contribution in [0.15, 0.2) is 61.2 Å². The highest BCUT2D eigenvalue weighted by molar-refractivity contribution is 6.35. The third kappa shape index (κ3) is 2.08. The maximum absolute atomic E-state index is 6.40. The Morgan fingerprint density at radius 2 is 1.86 bits per heavy atom. The van der Waals surface area contributed by atoms with Crippen LogP contribution in [0.1, 0.15) is 0 Å². The molecule has 6 heteroatoms. The number of benzene rings is 2. The van der Waals surface area contributed by atoms with Crippen molar-refractivity contribution >= 4 is 34.2 Å². The van der Waals surface area contributed by atoms with Crippen molar-refractivity contribution in [2.45, 2.75) is 0 Å². The molecule has 0 amide bonds. The van der Waals surface area contributed by atoms with Gasteiger partial charge in [0.25, 0.3) is 0 Å². The summed E-state index contributed by atoms with van der Waals surface area (Å²) in [5.41, 5.74) is 2.68.